The van der Waals surface area contributed by atoms with Crippen LogP contribution in [0.25, 0.3) is 0 Å². The fourth-order valence-electron chi connectivity index (χ4n) is 1.91. The third-order valence-corrected chi connectivity index (χ3v) is 3.73. The summed E-state index contributed by atoms with van der Waals surface area (Å²) in [7, 11) is 0. The number of carbonyl (C=O) groups excluding carboxylic acids is 1. The molecule has 1 aliphatic heterocycles. The smallest absolute Gasteiger partial charge is 0.398 e. The zero-order valence-corrected chi connectivity index (χ0v) is 14.4. The number of hydrogen-bond acceptors (Lipinski definition) is 4. The summed E-state index contributed by atoms with van der Waals surface area (Å²) >= 11 is 11.9. The molecule has 0 aliphatic carbocycles. The molecule has 0 spiro atoms. The number of rotatable bonds is 3. The van der Waals surface area contributed by atoms with Gasteiger partial charge < -0.3 is 14.2 Å². The zero-order chi connectivity index (χ0) is 17.3. The minimum absolute atomic E-state index is 0.0700. The Bertz CT molecular complexity index is 816. The number of carbonyl (C=O) groups is 1. The molecule has 1 amide bonds. The van der Waals surface area contributed by atoms with Crippen LogP contribution in [0.4, 0.5) is 0 Å². The monoisotopic (exact) mass is 365 g/mol. The average molecular weight is 366 g/mol. The summed E-state index contributed by atoms with van der Waals surface area (Å²) in [5.74, 6) is 1.14. The number of halogens is 2. The molecule has 5 nitrogen and oxygen atoms in total. The van der Waals surface area contributed by atoms with Crippen LogP contribution in [0.1, 0.15) is 13.8 Å². The van der Waals surface area contributed by atoms with Crippen molar-refractivity contribution in [1.82, 2.24) is 0 Å². The number of ether oxygens (including phenoxy) is 3. The van der Waals surface area contributed by atoms with Crippen LogP contribution in [-0.2, 0) is 9.53 Å². The van der Waals surface area contributed by atoms with Crippen LogP contribution in [-0.4, -0.2) is 17.6 Å². The highest BCUT2D eigenvalue weighted by Gasteiger charge is 2.38. The lowest BCUT2D eigenvalue weighted by Crippen LogP contribution is -2.29. The zero-order valence-electron chi connectivity index (χ0n) is 12.9. The summed E-state index contributed by atoms with van der Waals surface area (Å²) in [6, 6.07) is 11.7. The number of nitrogens with zero attached hydrogens (tertiary/aromatic N) is 1. The van der Waals surface area contributed by atoms with Crippen molar-refractivity contribution >= 4 is 35.2 Å². The van der Waals surface area contributed by atoms with Crippen molar-refractivity contribution in [2.24, 2.45) is 4.99 Å². The fraction of sp³-hybridized carbons (Fsp3) is 0.176. The third-order valence-electron chi connectivity index (χ3n) is 3.20. The van der Waals surface area contributed by atoms with Crippen molar-refractivity contribution in [3.63, 3.8) is 0 Å². The van der Waals surface area contributed by atoms with Crippen LogP contribution in [0.2, 0.25) is 10.0 Å². The summed E-state index contributed by atoms with van der Waals surface area (Å²) in [5.41, 5.74) is -0.996. The maximum absolute atomic E-state index is 11.6. The molecule has 7 heteroatoms. The van der Waals surface area contributed by atoms with Gasteiger partial charge in [-0.25, -0.2) is 0 Å². The van der Waals surface area contributed by atoms with Gasteiger partial charge in [0.15, 0.2) is 5.60 Å². The first-order valence-corrected chi connectivity index (χ1v) is 7.82. The van der Waals surface area contributed by atoms with Gasteiger partial charge in [0.1, 0.15) is 17.2 Å². The fourth-order valence-corrected chi connectivity index (χ4v) is 2.35. The van der Waals surface area contributed by atoms with E-state index in [4.69, 9.17) is 37.4 Å². The Hall–Kier alpha value is -2.24. The largest absolute Gasteiger partial charge is 0.456 e. The Kier molecular flexibility index (Phi) is 4.39. The molecule has 2 aromatic rings. The van der Waals surface area contributed by atoms with E-state index in [0.717, 1.165) is 0 Å². The first kappa shape index (κ1) is 16.6. The van der Waals surface area contributed by atoms with Crippen LogP contribution >= 0.6 is 23.2 Å². The molecule has 0 fully saturated rings. The lowest BCUT2D eigenvalue weighted by Gasteiger charge is -2.14. The van der Waals surface area contributed by atoms with Gasteiger partial charge in [0.2, 0.25) is 0 Å². The van der Waals surface area contributed by atoms with E-state index in [1.165, 1.54) is 0 Å². The van der Waals surface area contributed by atoms with Crippen LogP contribution in [0.15, 0.2) is 47.5 Å². The quantitative estimate of drug-likeness (QED) is 0.779. The van der Waals surface area contributed by atoms with E-state index >= 15 is 0 Å². The van der Waals surface area contributed by atoms with Crippen LogP contribution in [0, 0.1) is 0 Å². The van der Waals surface area contributed by atoms with Crippen molar-refractivity contribution in [2.75, 3.05) is 0 Å². The summed E-state index contributed by atoms with van der Waals surface area (Å²) in [5, 5.41) is 0.947. The molecule has 0 saturated heterocycles. The summed E-state index contributed by atoms with van der Waals surface area (Å²) in [6.45, 7) is 3.25. The van der Waals surface area contributed by atoms with E-state index in [9.17, 15) is 4.79 Å². The predicted molar refractivity (Wildman–Crippen MR) is 91.2 cm³/mol. The van der Waals surface area contributed by atoms with Gasteiger partial charge in [-0.05, 0) is 56.3 Å². The van der Waals surface area contributed by atoms with Crippen molar-refractivity contribution in [3.05, 3.63) is 52.5 Å². The third kappa shape index (κ3) is 3.63. The Morgan fingerprint density at radius 1 is 1.00 bits per heavy atom. The van der Waals surface area contributed by atoms with Crippen LogP contribution in [0.3, 0.4) is 0 Å². The number of aliphatic imine (C=N–C) groups is 1. The van der Waals surface area contributed by atoms with Gasteiger partial charge in [-0.3, -0.25) is 4.79 Å². The lowest BCUT2D eigenvalue weighted by atomic mass is 10.1. The highest BCUT2D eigenvalue weighted by molar-refractivity contribution is 6.35. The molecule has 124 valence electrons. The molecule has 2 aromatic carbocycles. The molecule has 0 saturated carbocycles. The molecule has 0 radical (unpaired) electrons. The van der Waals surface area contributed by atoms with E-state index in [1.807, 2.05) is 0 Å². The SMILES string of the molecule is CC1(C)OC(Oc2ccc(Oc3ccc(Cl)cc3Cl)cc2)=NC1=O. The molecule has 0 atom stereocenters. The second-order valence-electron chi connectivity index (χ2n) is 5.55. The topological polar surface area (TPSA) is 57.1 Å². The highest BCUT2D eigenvalue weighted by Crippen LogP contribution is 2.32. The van der Waals surface area contributed by atoms with E-state index in [-0.39, 0.29) is 12.0 Å². The predicted octanol–water partition coefficient (Wildman–Crippen LogP) is 4.86. The average Bonchev–Trinajstić information content (AvgIpc) is 2.76. The van der Waals surface area contributed by atoms with Crippen LogP contribution < -0.4 is 9.47 Å². The van der Waals surface area contributed by atoms with Gasteiger partial charge in [0.05, 0.1) is 5.02 Å². The summed E-state index contributed by atoms with van der Waals surface area (Å²) < 4.78 is 16.4. The minimum atomic E-state index is -0.996. The molecule has 0 bridgehead atoms. The molecule has 1 heterocycles. The van der Waals surface area contributed by atoms with Crippen molar-refractivity contribution in [2.45, 2.75) is 19.4 Å². The van der Waals surface area contributed by atoms with Gasteiger partial charge in [0, 0.05) is 5.02 Å². The number of amides is 1. The molecular formula is C17H13Cl2NO4. The summed E-state index contributed by atoms with van der Waals surface area (Å²) in [6.07, 6.45) is -0.0700. The molecule has 3 rings (SSSR count). The first-order chi connectivity index (χ1) is 11.3. The highest BCUT2D eigenvalue weighted by atomic mass is 35.5. The second kappa shape index (κ2) is 6.34. The first-order valence-electron chi connectivity index (χ1n) is 7.06. The standard InChI is InChI=1S/C17H13Cl2NO4/c1-17(2)15(21)20-16(24-17)23-12-6-4-11(5-7-12)22-14-8-3-10(18)9-13(14)19/h3-9H,1-2H3. The molecular weight excluding hydrogens is 353 g/mol. The second-order valence-corrected chi connectivity index (χ2v) is 6.39. The Labute approximate surface area is 148 Å². The number of hydrogen-bond donors (Lipinski definition) is 0. The van der Waals surface area contributed by atoms with E-state index in [0.29, 0.717) is 27.3 Å². The van der Waals surface area contributed by atoms with Crippen molar-refractivity contribution in [1.29, 1.82) is 0 Å². The lowest BCUT2D eigenvalue weighted by molar-refractivity contribution is -0.128. The molecule has 24 heavy (non-hydrogen) atoms. The van der Waals surface area contributed by atoms with Gasteiger partial charge >= 0.3 is 6.08 Å². The van der Waals surface area contributed by atoms with Gasteiger partial charge in [-0.2, -0.15) is 0 Å². The maximum Gasteiger partial charge on any atom is 0.398 e. The minimum Gasteiger partial charge on any atom is -0.456 e. The molecule has 1 aliphatic rings. The normalized spacial score (nSPS) is 15.7. The molecule has 0 N–H and O–H groups in total. The Balaban J connectivity index is 1.68. The number of benzene rings is 2. The van der Waals surface area contributed by atoms with E-state index < -0.39 is 5.60 Å². The molecule has 0 unspecified atom stereocenters. The van der Waals surface area contributed by atoms with Gasteiger partial charge in [-0.1, -0.05) is 23.2 Å². The van der Waals surface area contributed by atoms with E-state index in [2.05, 4.69) is 4.99 Å². The van der Waals surface area contributed by atoms with Crippen molar-refractivity contribution < 1.29 is 19.0 Å². The maximum atomic E-state index is 11.6. The summed E-state index contributed by atoms with van der Waals surface area (Å²) in [4.78, 5) is 15.3. The Morgan fingerprint density at radius 3 is 2.17 bits per heavy atom. The van der Waals surface area contributed by atoms with Gasteiger partial charge in [0.25, 0.3) is 5.91 Å². The van der Waals surface area contributed by atoms with Gasteiger partial charge in [-0.15, -0.1) is 4.99 Å². The molecule has 0 aromatic heterocycles. The van der Waals surface area contributed by atoms with E-state index in [1.54, 1.807) is 56.3 Å². The van der Waals surface area contributed by atoms with Crippen LogP contribution in [0.5, 0.6) is 17.2 Å². The Morgan fingerprint density at radius 2 is 1.62 bits per heavy atom. The van der Waals surface area contributed by atoms with Crippen molar-refractivity contribution in [3.8, 4) is 17.2 Å².